The van der Waals surface area contributed by atoms with E-state index in [0.717, 1.165) is 22.1 Å². The van der Waals surface area contributed by atoms with Gasteiger partial charge in [0.2, 0.25) is 11.8 Å². The van der Waals surface area contributed by atoms with Crippen molar-refractivity contribution in [2.75, 3.05) is 13.6 Å². The fourth-order valence-electron chi connectivity index (χ4n) is 2.08. The fourth-order valence-corrected chi connectivity index (χ4v) is 2.08. The number of likely N-dealkylation sites (N-methyl/N-ethyl adjacent to an activating group) is 1. The number of carbonyl (C=O) groups is 2. The molecule has 0 bridgehead atoms. The molecule has 0 aliphatic carbocycles. The molecule has 0 radical (unpaired) electrons. The third-order valence-corrected chi connectivity index (χ3v) is 3.13. The molecule has 2 aromatic rings. The first-order chi connectivity index (χ1) is 9.60. The van der Waals surface area contributed by atoms with Crippen LogP contribution in [0.1, 0.15) is 18.1 Å². The highest BCUT2D eigenvalue weighted by Crippen LogP contribution is 2.23. The number of nitrogens with one attached hydrogen (secondary N) is 2. The molecule has 0 aliphatic rings. The zero-order valence-electron chi connectivity index (χ0n) is 11.7. The van der Waals surface area contributed by atoms with Gasteiger partial charge in [-0.2, -0.15) is 0 Å². The van der Waals surface area contributed by atoms with E-state index in [2.05, 4.69) is 10.6 Å². The Bertz CT molecular complexity index is 631. The molecule has 5 nitrogen and oxygen atoms in total. The number of hydrogen-bond acceptors (Lipinski definition) is 3. The second-order valence-electron chi connectivity index (χ2n) is 4.67. The monoisotopic (exact) mass is 274 g/mol. The van der Waals surface area contributed by atoms with Crippen LogP contribution >= 0.6 is 0 Å². The van der Waals surface area contributed by atoms with E-state index in [0.29, 0.717) is 19.4 Å². The molecule has 0 saturated heterocycles. The Kier molecular flexibility index (Phi) is 4.40. The maximum atomic E-state index is 11.4. The van der Waals surface area contributed by atoms with Crippen LogP contribution in [-0.2, 0) is 22.4 Å². The van der Waals surface area contributed by atoms with E-state index in [9.17, 15) is 9.59 Å². The Labute approximate surface area is 117 Å². The molecule has 1 aromatic carbocycles. The summed E-state index contributed by atoms with van der Waals surface area (Å²) in [5.41, 5.74) is 2.77. The third kappa shape index (κ3) is 3.38. The molecule has 0 fully saturated rings. The van der Waals surface area contributed by atoms with Crippen molar-refractivity contribution in [1.29, 1.82) is 0 Å². The molecule has 1 aromatic heterocycles. The fraction of sp³-hybridized carbons (Fsp3) is 0.333. The zero-order valence-corrected chi connectivity index (χ0v) is 11.7. The average Bonchev–Trinajstić information content (AvgIpc) is 2.81. The minimum absolute atomic E-state index is 0.0207. The SMILES string of the molecule is CNC(=O)Cc1ccc2occ(CCNC(C)=O)c2c1. The van der Waals surface area contributed by atoms with Gasteiger partial charge < -0.3 is 15.1 Å². The Morgan fingerprint density at radius 2 is 2.10 bits per heavy atom. The van der Waals surface area contributed by atoms with Gasteiger partial charge in [-0.1, -0.05) is 6.07 Å². The highest BCUT2D eigenvalue weighted by Gasteiger charge is 2.08. The topological polar surface area (TPSA) is 71.3 Å². The summed E-state index contributed by atoms with van der Waals surface area (Å²) >= 11 is 0. The second-order valence-corrected chi connectivity index (χ2v) is 4.67. The molecule has 20 heavy (non-hydrogen) atoms. The summed E-state index contributed by atoms with van der Waals surface area (Å²) in [4.78, 5) is 22.3. The minimum Gasteiger partial charge on any atom is -0.464 e. The van der Waals surface area contributed by atoms with Gasteiger partial charge in [0, 0.05) is 25.9 Å². The van der Waals surface area contributed by atoms with Crippen molar-refractivity contribution >= 4 is 22.8 Å². The standard InChI is InChI=1S/C15H18N2O3/c1-10(18)17-6-5-12-9-20-14-4-3-11(7-13(12)14)8-15(19)16-2/h3-4,7,9H,5-6,8H2,1-2H3,(H,16,19)(H,17,18). The summed E-state index contributed by atoms with van der Waals surface area (Å²) in [6, 6.07) is 5.73. The molecular formula is C15H18N2O3. The van der Waals surface area contributed by atoms with Crippen molar-refractivity contribution in [3.8, 4) is 0 Å². The maximum absolute atomic E-state index is 11.4. The van der Waals surface area contributed by atoms with Crippen molar-refractivity contribution in [1.82, 2.24) is 10.6 Å². The van der Waals surface area contributed by atoms with Crippen LogP contribution in [0.5, 0.6) is 0 Å². The van der Waals surface area contributed by atoms with Crippen LogP contribution in [0, 0.1) is 0 Å². The number of carbonyl (C=O) groups excluding carboxylic acids is 2. The lowest BCUT2D eigenvalue weighted by atomic mass is 10.1. The van der Waals surface area contributed by atoms with Gasteiger partial charge in [-0.15, -0.1) is 0 Å². The Hall–Kier alpha value is -2.30. The number of furan rings is 1. The number of fused-ring (bicyclic) bond motifs is 1. The molecule has 1 heterocycles. The quantitative estimate of drug-likeness (QED) is 0.865. The van der Waals surface area contributed by atoms with Gasteiger partial charge in [0.25, 0.3) is 0 Å². The lowest BCUT2D eigenvalue weighted by molar-refractivity contribution is -0.120. The van der Waals surface area contributed by atoms with Gasteiger partial charge in [-0.25, -0.2) is 0 Å². The van der Waals surface area contributed by atoms with Gasteiger partial charge >= 0.3 is 0 Å². The van der Waals surface area contributed by atoms with Crippen molar-refractivity contribution in [2.24, 2.45) is 0 Å². The van der Waals surface area contributed by atoms with Crippen LogP contribution < -0.4 is 10.6 Å². The van der Waals surface area contributed by atoms with E-state index >= 15 is 0 Å². The van der Waals surface area contributed by atoms with Gasteiger partial charge in [0.1, 0.15) is 5.58 Å². The van der Waals surface area contributed by atoms with Gasteiger partial charge in [-0.3, -0.25) is 9.59 Å². The highest BCUT2D eigenvalue weighted by molar-refractivity contribution is 5.84. The van der Waals surface area contributed by atoms with Crippen LogP contribution in [0.15, 0.2) is 28.9 Å². The van der Waals surface area contributed by atoms with Crippen molar-refractivity contribution in [3.05, 3.63) is 35.6 Å². The van der Waals surface area contributed by atoms with E-state index in [-0.39, 0.29) is 11.8 Å². The highest BCUT2D eigenvalue weighted by atomic mass is 16.3. The maximum Gasteiger partial charge on any atom is 0.224 e. The van der Waals surface area contributed by atoms with E-state index in [1.165, 1.54) is 6.92 Å². The average molecular weight is 274 g/mol. The summed E-state index contributed by atoms with van der Waals surface area (Å²) < 4.78 is 5.48. The largest absolute Gasteiger partial charge is 0.464 e. The van der Waals surface area contributed by atoms with Gasteiger partial charge in [-0.05, 0) is 29.7 Å². The normalized spacial score (nSPS) is 10.5. The van der Waals surface area contributed by atoms with Crippen LogP contribution in [-0.4, -0.2) is 25.4 Å². The van der Waals surface area contributed by atoms with E-state index < -0.39 is 0 Å². The molecule has 0 unspecified atom stereocenters. The van der Waals surface area contributed by atoms with Gasteiger partial charge in [0.15, 0.2) is 0 Å². The predicted octanol–water partition coefficient (Wildman–Crippen LogP) is 1.40. The van der Waals surface area contributed by atoms with Crippen molar-refractivity contribution in [2.45, 2.75) is 19.8 Å². The Morgan fingerprint density at radius 1 is 1.30 bits per heavy atom. The predicted molar refractivity (Wildman–Crippen MR) is 76.4 cm³/mol. The molecule has 2 N–H and O–H groups in total. The lowest BCUT2D eigenvalue weighted by Crippen LogP contribution is -2.22. The number of amides is 2. The van der Waals surface area contributed by atoms with Crippen LogP contribution in [0.2, 0.25) is 0 Å². The summed E-state index contributed by atoms with van der Waals surface area (Å²) in [6.07, 6.45) is 2.76. The number of benzene rings is 1. The number of rotatable bonds is 5. The molecule has 5 heteroatoms. The smallest absolute Gasteiger partial charge is 0.224 e. The minimum atomic E-state index is -0.0434. The van der Waals surface area contributed by atoms with E-state index in [1.807, 2.05) is 18.2 Å². The molecule has 0 saturated carbocycles. The lowest BCUT2D eigenvalue weighted by Gasteiger charge is -2.03. The molecule has 0 aliphatic heterocycles. The first kappa shape index (κ1) is 14.1. The summed E-state index contributed by atoms with van der Waals surface area (Å²) in [5.74, 6) is -0.0641. The molecule has 0 spiro atoms. The summed E-state index contributed by atoms with van der Waals surface area (Å²) in [5, 5.41) is 6.36. The van der Waals surface area contributed by atoms with Gasteiger partial charge in [0.05, 0.1) is 12.7 Å². The van der Waals surface area contributed by atoms with Crippen molar-refractivity contribution in [3.63, 3.8) is 0 Å². The van der Waals surface area contributed by atoms with Crippen LogP contribution in [0.4, 0.5) is 0 Å². The molecule has 2 rings (SSSR count). The van der Waals surface area contributed by atoms with Crippen molar-refractivity contribution < 1.29 is 14.0 Å². The summed E-state index contributed by atoms with van der Waals surface area (Å²) in [7, 11) is 1.62. The van der Waals surface area contributed by atoms with E-state index in [1.54, 1.807) is 13.3 Å². The molecule has 106 valence electrons. The second kappa shape index (κ2) is 6.23. The third-order valence-electron chi connectivity index (χ3n) is 3.13. The van der Waals surface area contributed by atoms with Crippen LogP contribution in [0.25, 0.3) is 11.0 Å². The Morgan fingerprint density at radius 3 is 2.80 bits per heavy atom. The first-order valence-corrected chi connectivity index (χ1v) is 6.54. The number of hydrogen-bond donors (Lipinski definition) is 2. The molecule has 2 amide bonds. The Balaban J connectivity index is 2.16. The molecule has 0 atom stereocenters. The van der Waals surface area contributed by atoms with Crippen LogP contribution in [0.3, 0.4) is 0 Å². The summed E-state index contributed by atoms with van der Waals surface area (Å²) in [6.45, 7) is 2.07. The zero-order chi connectivity index (χ0) is 14.5. The van der Waals surface area contributed by atoms with E-state index in [4.69, 9.17) is 4.42 Å². The molecular weight excluding hydrogens is 256 g/mol. The first-order valence-electron chi connectivity index (χ1n) is 6.54.